The van der Waals surface area contributed by atoms with Crippen LogP contribution in [0.5, 0.6) is 0 Å². The summed E-state index contributed by atoms with van der Waals surface area (Å²) in [6, 6.07) is 8.09. The molecule has 4 N–H and O–H groups in total. The van der Waals surface area contributed by atoms with Crippen molar-refractivity contribution < 1.29 is 9.32 Å². The summed E-state index contributed by atoms with van der Waals surface area (Å²) in [6.45, 7) is 9.72. The number of aromatic nitrogens is 5. The van der Waals surface area contributed by atoms with Crippen LogP contribution in [0.25, 0.3) is 22.2 Å². The number of aromatic amines is 1. The maximum Gasteiger partial charge on any atom is 0.297 e. The maximum absolute atomic E-state index is 12.8. The van der Waals surface area contributed by atoms with Crippen LogP contribution in [0.4, 0.5) is 11.5 Å². The highest BCUT2D eigenvalue weighted by Crippen LogP contribution is 2.36. The summed E-state index contributed by atoms with van der Waals surface area (Å²) in [4.78, 5) is 21.5. The Morgan fingerprint density at radius 3 is 2.79 bits per heavy atom. The van der Waals surface area contributed by atoms with Crippen molar-refractivity contribution in [3.8, 4) is 11.1 Å². The van der Waals surface area contributed by atoms with E-state index in [4.69, 9.17) is 4.52 Å². The van der Waals surface area contributed by atoms with Gasteiger partial charge in [-0.25, -0.2) is 4.98 Å². The zero-order valence-corrected chi connectivity index (χ0v) is 19.7. The van der Waals surface area contributed by atoms with Crippen molar-refractivity contribution in [2.24, 2.45) is 0 Å². The summed E-state index contributed by atoms with van der Waals surface area (Å²) >= 11 is 0. The van der Waals surface area contributed by atoms with Gasteiger partial charge in [-0.15, -0.1) is 0 Å². The zero-order chi connectivity index (χ0) is 23.9. The molecule has 0 spiro atoms. The lowest BCUT2D eigenvalue weighted by molar-refractivity contribution is 0.101. The zero-order valence-electron chi connectivity index (χ0n) is 19.7. The number of pyridine rings is 1. The van der Waals surface area contributed by atoms with E-state index in [1.54, 1.807) is 6.20 Å². The molecule has 176 valence electrons. The molecule has 0 saturated carbocycles. The summed E-state index contributed by atoms with van der Waals surface area (Å²) in [6.07, 6.45) is 2.80. The summed E-state index contributed by atoms with van der Waals surface area (Å²) in [5.74, 6) is 0.785. The van der Waals surface area contributed by atoms with Gasteiger partial charge in [0.25, 0.3) is 11.7 Å². The normalized spacial score (nSPS) is 16.2. The molecule has 1 aliphatic rings. The van der Waals surface area contributed by atoms with Gasteiger partial charge in [0.15, 0.2) is 11.5 Å². The fourth-order valence-electron chi connectivity index (χ4n) is 4.11. The molecule has 1 atom stereocenters. The fourth-order valence-corrected chi connectivity index (χ4v) is 4.11. The third-order valence-corrected chi connectivity index (χ3v) is 6.01. The minimum atomic E-state index is -0.418. The molecule has 3 aromatic heterocycles. The molecule has 0 bridgehead atoms. The second-order valence-corrected chi connectivity index (χ2v) is 9.59. The number of H-pyrrole nitrogens is 1. The Bertz CT molecular complexity index is 1340. The monoisotopic (exact) mass is 460 g/mol. The van der Waals surface area contributed by atoms with Crippen molar-refractivity contribution in [2.45, 2.75) is 45.6 Å². The van der Waals surface area contributed by atoms with Gasteiger partial charge in [-0.1, -0.05) is 38.1 Å². The number of fused-ring (bicyclic) bond motifs is 1. The number of nitrogens with one attached hydrogen (secondary N) is 4. The van der Waals surface area contributed by atoms with E-state index < -0.39 is 5.91 Å². The predicted octanol–water partition coefficient (Wildman–Crippen LogP) is 3.64. The number of hydrogen-bond acceptors (Lipinski definition) is 8. The van der Waals surface area contributed by atoms with Crippen LogP contribution in [0.1, 0.15) is 49.3 Å². The molecular weight excluding hydrogens is 432 g/mol. The van der Waals surface area contributed by atoms with Gasteiger partial charge in [-0.3, -0.25) is 9.89 Å². The molecule has 5 rings (SSSR count). The van der Waals surface area contributed by atoms with Gasteiger partial charge >= 0.3 is 0 Å². The largest absolute Gasteiger partial charge is 0.364 e. The highest BCUT2D eigenvalue weighted by Gasteiger charge is 2.25. The smallest absolute Gasteiger partial charge is 0.297 e. The molecular formula is C24H28N8O2. The Kier molecular flexibility index (Phi) is 5.52. The van der Waals surface area contributed by atoms with Crippen LogP contribution in [0.15, 0.2) is 35.0 Å². The molecule has 1 aromatic carbocycles. The van der Waals surface area contributed by atoms with Gasteiger partial charge in [-0.2, -0.15) is 10.1 Å². The van der Waals surface area contributed by atoms with Crippen LogP contribution >= 0.6 is 0 Å². The molecule has 1 amide bonds. The maximum atomic E-state index is 12.8. The Hall–Kier alpha value is -3.79. The molecule has 1 aliphatic heterocycles. The van der Waals surface area contributed by atoms with E-state index >= 15 is 0 Å². The lowest BCUT2D eigenvalue weighted by atomic mass is 9.97. The van der Waals surface area contributed by atoms with Crippen LogP contribution in [-0.4, -0.2) is 50.4 Å². The van der Waals surface area contributed by atoms with E-state index in [2.05, 4.69) is 41.3 Å². The highest BCUT2D eigenvalue weighted by molar-refractivity contribution is 6.04. The topological polar surface area (TPSA) is 134 Å². The van der Waals surface area contributed by atoms with Gasteiger partial charge in [0.1, 0.15) is 0 Å². The number of amides is 1. The number of carbonyl (C=O) groups excluding carboxylic acids is 1. The Morgan fingerprint density at radius 1 is 1.21 bits per heavy atom. The van der Waals surface area contributed by atoms with E-state index in [1.807, 2.05) is 52.0 Å². The minimum Gasteiger partial charge on any atom is -0.364 e. The molecule has 4 heterocycles. The summed E-state index contributed by atoms with van der Waals surface area (Å²) < 4.78 is 5.27. The third-order valence-electron chi connectivity index (χ3n) is 6.01. The first-order valence-corrected chi connectivity index (χ1v) is 11.4. The van der Waals surface area contributed by atoms with E-state index in [1.165, 1.54) is 0 Å². The first-order chi connectivity index (χ1) is 16.3. The molecule has 1 fully saturated rings. The first-order valence-electron chi connectivity index (χ1n) is 11.4. The quantitative estimate of drug-likeness (QED) is 0.355. The average molecular weight is 461 g/mol. The number of rotatable bonds is 5. The Balaban J connectivity index is 1.47. The molecule has 1 saturated heterocycles. The number of hydrogen-bond donors (Lipinski definition) is 4. The molecule has 1 unspecified atom stereocenters. The van der Waals surface area contributed by atoms with E-state index in [0.29, 0.717) is 23.3 Å². The molecule has 4 aromatic rings. The van der Waals surface area contributed by atoms with Crippen LogP contribution in [0.2, 0.25) is 0 Å². The van der Waals surface area contributed by atoms with Gasteiger partial charge < -0.3 is 20.5 Å². The second-order valence-electron chi connectivity index (χ2n) is 9.59. The van der Waals surface area contributed by atoms with Crippen LogP contribution < -0.4 is 16.0 Å². The van der Waals surface area contributed by atoms with Crippen LogP contribution in [0.3, 0.4) is 0 Å². The lowest BCUT2D eigenvalue weighted by Gasteiger charge is -2.15. The van der Waals surface area contributed by atoms with E-state index in [0.717, 1.165) is 47.4 Å². The van der Waals surface area contributed by atoms with Crippen LogP contribution in [0, 0.1) is 6.92 Å². The van der Waals surface area contributed by atoms with Gasteiger partial charge in [0.2, 0.25) is 5.89 Å². The molecule has 0 aliphatic carbocycles. The van der Waals surface area contributed by atoms with Crippen molar-refractivity contribution in [2.75, 3.05) is 23.7 Å². The molecule has 10 heteroatoms. The van der Waals surface area contributed by atoms with Gasteiger partial charge in [0.05, 0.1) is 5.39 Å². The number of benzene rings is 1. The van der Waals surface area contributed by atoms with Crippen LogP contribution in [-0.2, 0) is 5.41 Å². The molecule has 0 radical (unpaired) electrons. The average Bonchev–Trinajstić information content (AvgIpc) is 3.56. The Morgan fingerprint density at radius 2 is 2.06 bits per heavy atom. The summed E-state index contributed by atoms with van der Waals surface area (Å²) in [5.41, 5.74) is 3.92. The van der Waals surface area contributed by atoms with Crippen molar-refractivity contribution >= 4 is 28.4 Å². The lowest BCUT2D eigenvalue weighted by Crippen LogP contribution is -2.22. The third kappa shape index (κ3) is 4.12. The van der Waals surface area contributed by atoms with Gasteiger partial charge in [0, 0.05) is 29.9 Å². The van der Waals surface area contributed by atoms with E-state index in [-0.39, 0.29) is 11.2 Å². The second kappa shape index (κ2) is 8.53. The van der Waals surface area contributed by atoms with Crippen molar-refractivity contribution in [1.82, 2.24) is 30.6 Å². The Labute approximate surface area is 196 Å². The van der Waals surface area contributed by atoms with Crippen molar-refractivity contribution in [3.63, 3.8) is 0 Å². The first kappa shape index (κ1) is 22.0. The number of anilines is 2. The standard InChI is InChI=1S/C24H28N8O2/c1-13-15(6-5-7-17(13)28-22(33)21-29-23(34-32-21)24(2,3)4)16-9-11-26-19-18(16)20(31-30-19)27-14-8-10-25-12-14/h5-7,9,11,14,25H,8,10,12H2,1-4H3,(H,28,33)(H2,26,27,30,31). The van der Waals surface area contributed by atoms with Gasteiger partial charge in [-0.05, 0) is 48.7 Å². The number of carbonyl (C=O) groups is 1. The summed E-state index contributed by atoms with van der Waals surface area (Å²) in [7, 11) is 0. The number of nitrogens with zero attached hydrogens (tertiary/aromatic N) is 4. The molecule has 34 heavy (non-hydrogen) atoms. The SMILES string of the molecule is Cc1c(NC(=O)c2noc(C(C)(C)C)n2)cccc1-c1ccnc2[nH]nc(NC3CCNC3)c12. The molecule has 10 nitrogen and oxygen atoms in total. The van der Waals surface area contributed by atoms with E-state index in [9.17, 15) is 4.79 Å². The van der Waals surface area contributed by atoms with Crippen molar-refractivity contribution in [3.05, 3.63) is 47.7 Å². The fraction of sp³-hybridized carbons (Fsp3) is 0.375. The minimum absolute atomic E-state index is 0.00697. The predicted molar refractivity (Wildman–Crippen MR) is 130 cm³/mol. The highest BCUT2D eigenvalue weighted by atomic mass is 16.5. The van der Waals surface area contributed by atoms with Crippen molar-refractivity contribution in [1.29, 1.82) is 0 Å². The summed E-state index contributed by atoms with van der Waals surface area (Å²) in [5, 5.41) is 22.1.